The normalized spacial score (nSPS) is 13.1. The summed E-state index contributed by atoms with van der Waals surface area (Å²) >= 11 is 0. The van der Waals surface area contributed by atoms with E-state index in [9.17, 15) is 14.0 Å². The summed E-state index contributed by atoms with van der Waals surface area (Å²) in [6.07, 6.45) is 6.28. The zero-order valence-corrected chi connectivity index (χ0v) is 19.2. The largest absolute Gasteiger partial charge is 0.364 e. The van der Waals surface area contributed by atoms with Crippen LogP contribution < -0.4 is 5.32 Å². The smallest absolute Gasteiger partial charge is 0.237 e. The minimum Gasteiger partial charge on any atom is -0.364 e. The molecule has 0 radical (unpaired) electrons. The second-order valence-corrected chi connectivity index (χ2v) is 8.27. The topological polar surface area (TPSA) is 104 Å². The first-order valence-electron chi connectivity index (χ1n) is 11.1. The second-order valence-electron chi connectivity index (χ2n) is 8.27. The number of aromatic nitrogens is 3. The van der Waals surface area contributed by atoms with Crippen molar-refractivity contribution in [3.8, 4) is 11.3 Å². The summed E-state index contributed by atoms with van der Waals surface area (Å²) < 4.78 is 18.9. The molecule has 2 atom stereocenters. The number of carbonyl (C=O) groups excluding carboxylic acids is 2. The van der Waals surface area contributed by atoms with Crippen molar-refractivity contribution >= 4 is 11.7 Å². The first-order valence-corrected chi connectivity index (χ1v) is 11.1. The molecule has 2 aromatic heterocycles. The molecule has 176 valence electrons. The third-order valence-electron chi connectivity index (χ3n) is 5.68. The Morgan fingerprint density at radius 2 is 1.97 bits per heavy atom. The van der Waals surface area contributed by atoms with E-state index in [1.165, 1.54) is 12.3 Å². The van der Waals surface area contributed by atoms with Gasteiger partial charge in [0.15, 0.2) is 5.78 Å². The Kier molecular flexibility index (Phi) is 8.48. The Hall–Kier alpha value is -3.33. The van der Waals surface area contributed by atoms with Gasteiger partial charge < -0.3 is 14.8 Å². The average Bonchev–Trinajstić information content (AvgIpc) is 3.50. The fraction of sp³-hybridized carbons (Fsp3) is 0.417. The molecule has 0 aliphatic heterocycles. The molecule has 0 aliphatic rings. The molecule has 9 heteroatoms. The van der Waals surface area contributed by atoms with Gasteiger partial charge in [0.2, 0.25) is 5.91 Å². The van der Waals surface area contributed by atoms with E-state index in [1.54, 1.807) is 30.5 Å². The summed E-state index contributed by atoms with van der Waals surface area (Å²) in [5.74, 6) is 0.0709. The van der Waals surface area contributed by atoms with E-state index in [4.69, 9.17) is 4.52 Å². The van der Waals surface area contributed by atoms with Crippen molar-refractivity contribution in [3.63, 3.8) is 0 Å². The van der Waals surface area contributed by atoms with Crippen LogP contribution in [0.25, 0.3) is 11.3 Å². The first-order chi connectivity index (χ1) is 15.9. The van der Waals surface area contributed by atoms with E-state index in [-0.39, 0.29) is 29.6 Å². The maximum absolute atomic E-state index is 14.2. The predicted molar refractivity (Wildman–Crippen MR) is 122 cm³/mol. The molecule has 8 nitrogen and oxygen atoms in total. The number of nitrogens with zero attached hydrogens (tertiary/aromatic N) is 3. The number of aromatic amines is 1. The molecular formula is C24H30FN5O3. The summed E-state index contributed by atoms with van der Waals surface area (Å²) in [4.78, 5) is 34.2. The highest BCUT2D eigenvalue weighted by Gasteiger charge is 2.23. The molecule has 1 amide bonds. The molecule has 2 N–H and O–H groups in total. The number of ketones is 1. The lowest BCUT2D eigenvalue weighted by molar-refractivity contribution is -0.125. The number of nitrogens with one attached hydrogen (secondary N) is 2. The van der Waals surface area contributed by atoms with Gasteiger partial charge in [-0.1, -0.05) is 30.1 Å². The number of hydrogen-bond acceptors (Lipinski definition) is 6. The van der Waals surface area contributed by atoms with Gasteiger partial charge in [-0.3, -0.25) is 14.5 Å². The number of halogens is 1. The third kappa shape index (κ3) is 6.58. The van der Waals surface area contributed by atoms with Crippen LogP contribution in [-0.4, -0.2) is 51.9 Å². The highest BCUT2D eigenvalue weighted by atomic mass is 19.1. The Balaban J connectivity index is 1.63. The lowest BCUT2D eigenvalue weighted by atomic mass is 10.0. The molecule has 33 heavy (non-hydrogen) atoms. The number of benzene rings is 1. The third-order valence-corrected chi connectivity index (χ3v) is 5.68. The Bertz CT molecular complexity index is 1050. The molecule has 0 saturated carbocycles. The Morgan fingerprint density at radius 1 is 1.18 bits per heavy atom. The van der Waals surface area contributed by atoms with Crippen LogP contribution in [0.2, 0.25) is 0 Å². The van der Waals surface area contributed by atoms with E-state index in [1.807, 2.05) is 25.9 Å². The quantitative estimate of drug-likeness (QED) is 0.314. The van der Waals surface area contributed by atoms with Crippen LogP contribution in [0.3, 0.4) is 0 Å². The zero-order chi connectivity index (χ0) is 23.8. The van der Waals surface area contributed by atoms with Crippen molar-refractivity contribution in [1.29, 1.82) is 0 Å². The second kappa shape index (κ2) is 11.5. The van der Waals surface area contributed by atoms with Crippen LogP contribution in [0.5, 0.6) is 0 Å². The van der Waals surface area contributed by atoms with Crippen LogP contribution in [0, 0.1) is 5.82 Å². The number of imidazole rings is 1. The van der Waals surface area contributed by atoms with E-state index in [0.717, 1.165) is 12.8 Å². The maximum atomic E-state index is 14.2. The van der Waals surface area contributed by atoms with Gasteiger partial charge in [0, 0.05) is 18.1 Å². The molecule has 0 bridgehead atoms. The van der Waals surface area contributed by atoms with Crippen molar-refractivity contribution < 1.29 is 18.5 Å². The van der Waals surface area contributed by atoms with Gasteiger partial charge in [-0.05, 0) is 46.0 Å². The summed E-state index contributed by atoms with van der Waals surface area (Å²) in [5, 5.41) is 6.72. The first kappa shape index (κ1) is 24.3. The van der Waals surface area contributed by atoms with Gasteiger partial charge in [0.1, 0.15) is 23.6 Å². The molecule has 1 unspecified atom stereocenters. The van der Waals surface area contributed by atoms with E-state index in [2.05, 4.69) is 20.4 Å². The SMILES string of the molecule is CC(C(=O)N[C@@H](CCCCCC(=O)c1ccon1)c1ncc(-c2ccccc2F)[nH]1)N(C)C. The highest BCUT2D eigenvalue weighted by molar-refractivity contribution is 5.93. The van der Waals surface area contributed by atoms with Gasteiger partial charge in [0.25, 0.3) is 0 Å². The monoisotopic (exact) mass is 455 g/mol. The molecule has 3 aromatic rings. The molecule has 0 aliphatic carbocycles. The molecule has 0 spiro atoms. The summed E-state index contributed by atoms with van der Waals surface area (Å²) in [7, 11) is 3.68. The predicted octanol–water partition coefficient (Wildman–Crippen LogP) is 4.14. The van der Waals surface area contributed by atoms with Gasteiger partial charge in [0.05, 0.1) is 24.0 Å². The number of carbonyl (C=O) groups is 2. The number of likely N-dealkylation sites (N-methyl/N-ethyl adjacent to an activating group) is 1. The van der Waals surface area contributed by atoms with Crippen LogP contribution >= 0.6 is 0 Å². The number of rotatable bonds is 12. The lowest BCUT2D eigenvalue weighted by Crippen LogP contribution is -2.43. The molecule has 0 fully saturated rings. The van der Waals surface area contributed by atoms with Crippen molar-refractivity contribution in [2.45, 2.75) is 51.1 Å². The van der Waals surface area contributed by atoms with Gasteiger partial charge >= 0.3 is 0 Å². The molecule has 2 heterocycles. The van der Waals surface area contributed by atoms with Gasteiger partial charge in [-0.15, -0.1) is 0 Å². The highest BCUT2D eigenvalue weighted by Crippen LogP contribution is 2.24. The molecule has 1 aromatic carbocycles. The maximum Gasteiger partial charge on any atom is 0.237 e. The van der Waals surface area contributed by atoms with Crippen LogP contribution in [0.4, 0.5) is 4.39 Å². The number of H-pyrrole nitrogens is 1. The van der Waals surface area contributed by atoms with Crippen LogP contribution in [0.1, 0.15) is 61.4 Å². The number of unbranched alkanes of at least 4 members (excludes halogenated alkanes) is 2. The van der Waals surface area contributed by atoms with Gasteiger partial charge in [-0.25, -0.2) is 9.37 Å². The van der Waals surface area contributed by atoms with Crippen molar-refractivity contribution in [3.05, 3.63) is 60.1 Å². The minimum absolute atomic E-state index is 0.0472. The Labute approximate surface area is 192 Å². The standard InChI is InChI=1S/C24H30FN5O3/c1-16(30(2)3)24(32)28-20(11-5-4-6-12-22(31)19-13-14-33-29-19)23-26-15-21(27-23)17-9-7-8-10-18(17)25/h7-10,13-16,20H,4-6,11-12H2,1-3H3,(H,26,27)(H,28,32)/t16?,20-/m0/s1. The van der Waals surface area contributed by atoms with Crippen molar-refractivity contribution in [2.24, 2.45) is 0 Å². The summed E-state index contributed by atoms with van der Waals surface area (Å²) in [6, 6.07) is 7.37. The van der Waals surface area contributed by atoms with Crippen molar-refractivity contribution in [2.75, 3.05) is 14.1 Å². The van der Waals surface area contributed by atoms with E-state index in [0.29, 0.717) is 42.0 Å². The molecule has 0 saturated heterocycles. The van der Waals surface area contributed by atoms with Crippen molar-refractivity contribution in [1.82, 2.24) is 25.3 Å². The zero-order valence-electron chi connectivity index (χ0n) is 19.2. The fourth-order valence-electron chi connectivity index (χ4n) is 3.43. The van der Waals surface area contributed by atoms with E-state index >= 15 is 0 Å². The molecular weight excluding hydrogens is 425 g/mol. The average molecular weight is 456 g/mol. The number of amides is 1. The number of Topliss-reactive ketones (excluding diaryl/α,β-unsaturated/α-hetero) is 1. The van der Waals surface area contributed by atoms with Crippen LogP contribution in [-0.2, 0) is 4.79 Å². The Morgan fingerprint density at radius 3 is 2.67 bits per heavy atom. The summed E-state index contributed by atoms with van der Waals surface area (Å²) in [6.45, 7) is 1.83. The van der Waals surface area contributed by atoms with Gasteiger partial charge in [-0.2, -0.15) is 0 Å². The van der Waals surface area contributed by atoms with E-state index < -0.39 is 0 Å². The number of hydrogen-bond donors (Lipinski definition) is 2. The minimum atomic E-state index is -0.355. The summed E-state index contributed by atoms with van der Waals surface area (Å²) in [5.41, 5.74) is 1.32. The fourth-order valence-corrected chi connectivity index (χ4v) is 3.43. The van der Waals surface area contributed by atoms with Crippen LogP contribution in [0.15, 0.2) is 47.3 Å². The lowest BCUT2D eigenvalue weighted by Gasteiger charge is -2.23. The molecule has 3 rings (SSSR count).